The molecule has 0 radical (unpaired) electrons. The summed E-state index contributed by atoms with van der Waals surface area (Å²) >= 11 is 0. The van der Waals surface area contributed by atoms with Gasteiger partial charge in [0.05, 0.1) is 7.11 Å². The lowest BCUT2D eigenvalue weighted by Gasteiger charge is -2.18. The van der Waals surface area contributed by atoms with Crippen molar-refractivity contribution in [1.82, 2.24) is 15.1 Å². The van der Waals surface area contributed by atoms with Gasteiger partial charge in [-0.05, 0) is 12.5 Å². The highest BCUT2D eigenvalue weighted by Gasteiger charge is 2.19. The molecule has 7 heteroatoms. The largest absolute Gasteiger partial charge is 0.480 e. The minimum absolute atomic E-state index is 0.102. The molecule has 0 spiro atoms. The highest BCUT2D eigenvalue weighted by Crippen LogP contribution is 2.06. The first-order valence-electron chi connectivity index (χ1n) is 5.47. The molecule has 0 aliphatic carbocycles. The highest BCUT2D eigenvalue weighted by atomic mass is 16.5. The summed E-state index contributed by atoms with van der Waals surface area (Å²) in [6.07, 6.45) is 0.669. The number of nitrogens with zero attached hydrogens (tertiary/aromatic N) is 3. The van der Waals surface area contributed by atoms with Crippen molar-refractivity contribution in [2.75, 3.05) is 20.2 Å². The van der Waals surface area contributed by atoms with Crippen LogP contribution in [0.25, 0.3) is 0 Å². The summed E-state index contributed by atoms with van der Waals surface area (Å²) < 4.78 is 4.83. The zero-order valence-corrected chi connectivity index (χ0v) is 10.3. The van der Waals surface area contributed by atoms with E-state index in [0.29, 0.717) is 18.8 Å². The Kier molecular flexibility index (Phi) is 5.04. The second-order valence-corrected chi connectivity index (χ2v) is 3.58. The van der Waals surface area contributed by atoms with Crippen molar-refractivity contribution in [2.45, 2.75) is 13.3 Å². The molecule has 0 fully saturated rings. The van der Waals surface area contributed by atoms with Crippen LogP contribution in [0.3, 0.4) is 0 Å². The maximum atomic E-state index is 12.0. The molecule has 0 atom stereocenters. The van der Waals surface area contributed by atoms with Crippen molar-refractivity contribution in [3.63, 3.8) is 0 Å². The maximum Gasteiger partial charge on any atom is 0.323 e. The van der Waals surface area contributed by atoms with E-state index in [1.165, 1.54) is 24.1 Å². The number of methoxy groups -OCH3 is 1. The number of carboxylic acid groups (broad SMARTS) is 1. The molecule has 7 nitrogen and oxygen atoms in total. The SMILES string of the molecule is CCCN(CC(=O)O)C(=O)c1ccc(OC)nn1. The van der Waals surface area contributed by atoms with Crippen LogP contribution in [0.1, 0.15) is 23.8 Å². The monoisotopic (exact) mass is 253 g/mol. The summed E-state index contributed by atoms with van der Waals surface area (Å²) in [5, 5.41) is 16.1. The molecular formula is C11H15N3O4. The van der Waals surface area contributed by atoms with Gasteiger partial charge in [-0.2, -0.15) is 0 Å². The lowest BCUT2D eigenvalue weighted by molar-refractivity contribution is -0.137. The molecule has 1 N–H and O–H groups in total. The first-order chi connectivity index (χ1) is 8.58. The Labute approximate surface area is 104 Å². The molecule has 0 unspecified atom stereocenters. The Morgan fingerprint density at radius 1 is 1.39 bits per heavy atom. The molecule has 1 rings (SSSR count). The number of aromatic nitrogens is 2. The van der Waals surface area contributed by atoms with Crippen LogP contribution in [0.5, 0.6) is 5.88 Å². The number of rotatable bonds is 6. The van der Waals surface area contributed by atoms with Crippen LogP contribution in [0.15, 0.2) is 12.1 Å². The third kappa shape index (κ3) is 3.69. The van der Waals surface area contributed by atoms with Crippen LogP contribution in [0.2, 0.25) is 0 Å². The fraction of sp³-hybridized carbons (Fsp3) is 0.455. The van der Waals surface area contributed by atoms with Crippen molar-refractivity contribution in [3.05, 3.63) is 17.8 Å². The van der Waals surface area contributed by atoms with E-state index in [-0.39, 0.29) is 12.2 Å². The molecule has 1 aromatic heterocycles. The van der Waals surface area contributed by atoms with Gasteiger partial charge in [0.1, 0.15) is 6.54 Å². The van der Waals surface area contributed by atoms with E-state index < -0.39 is 11.9 Å². The van der Waals surface area contributed by atoms with E-state index in [2.05, 4.69) is 10.2 Å². The van der Waals surface area contributed by atoms with Crippen LogP contribution in [-0.4, -0.2) is 52.3 Å². The predicted octanol–water partition coefficient (Wildman–Crippen LogP) is 0.422. The van der Waals surface area contributed by atoms with Gasteiger partial charge in [0.2, 0.25) is 5.88 Å². The summed E-state index contributed by atoms with van der Waals surface area (Å²) in [5.74, 6) is -1.21. The van der Waals surface area contributed by atoms with Gasteiger partial charge in [-0.1, -0.05) is 6.92 Å². The van der Waals surface area contributed by atoms with Gasteiger partial charge >= 0.3 is 5.97 Å². The van der Waals surface area contributed by atoms with Crippen LogP contribution >= 0.6 is 0 Å². The van der Waals surface area contributed by atoms with Crippen LogP contribution in [0, 0.1) is 0 Å². The molecule has 1 aromatic rings. The van der Waals surface area contributed by atoms with Crippen molar-refractivity contribution in [1.29, 1.82) is 0 Å². The fourth-order valence-electron chi connectivity index (χ4n) is 1.39. The zero-order chi connectivity index (χ0) is 13.5. The number of hydrogen-bond donors (Lipinski definition) is 1. The van der Waals surface area contributed by atoms with Crippen LogP contribution < -0.4 is 4.74 Å². The van der Waals surface area contributed by atoms with Gasteiger partial charge in [-0.3, -0.25) is 9.59 Å². The third-order valence-electron chi connectivity index (χ3n) is 2.18. The van der Waals surface area contributed by atoms with Gasteiger partial charge < -0.3 is 14.7 Å². The topological polar surface area (TPSA) is 92.6 Å². The van der Waals surface area contributed by atoms with E-state index in [1.807, 2.05) is 6.92 Å². The molecular weight excluding hydrogens is 238 g/mol. The first kappa shape index (κ1) is 13.9. The molecule has 18 heavy (non-hydrogen) atoms. The summed E-state index contributed by atoms with van der Waals surface area (Å²) in [4.78, 5) is 23.9. The van der Waals surface area contributed by atoms with E-state index in [4.69, 9.17) is 9.84 Å². The normalized spacial score (nSPS) is 9.89. The molecule has 1 amide bonds. The van der Waals surface area contributed by atoms with Crippen molar-refractivity contribution in [3.8, 4) is 5.88 Å². The number of carbonyl (C=O) groups is 2. The number of carboxylic acids is 1. The molecule has 0 aromatic carbocycles. The average molecular weight is 253 g/mol. The number of carbonyl (C=O) groups excluding carboxylic acids is 1. The minimum atomic E-state index is -1.06. The fourth-order valence-corrected chi connectivity index (χ4v) is 1.39. The Morgan fingerprint density at radius 3 is 2.56 bits per heavy atom. The maximum absolute atomic E-state index is 12.0. The van der Waals surface area contributed by atoms with Gasteiger partial charge in [0.25, 0.3) is 5.91 Å². The van der Waals surface area contributed by atoms with Crippen molar-refractivity contribution in [2.24, 2.45) is 0 Å². The first-order valence-corrected chi connectivity index (χ1v) is 5.47. The van der Waals surface area contributed by atoms with E-state index in [0.717, 1.165) is 0 Å². The highest BCUT2D eigenvalue weighted by molar-refractivity contribution is 5.93. The number of aliphatic carboxylic acids is 1. The zero-order valence-electron chi connectivity index (χ0n) is 10.3. The van der Waals surface area contributed by atoms with Crippen molar-refractivity contribution < 1.29 is 19.4 Å². The average Bonchev–Trinajstić information content (AvgIpc) is 2.37. The predicted molar refractivity (Wildman–Crippen MR) is 62.4 cm³/mol. The second kappa shape index (κ2) is 6.53. The molecule has 98 valence electrons. The second-order valence-electron chi connectivity index (χ2n) is 3.58. The smallest absolute Gasteiger partial charge is 0.323 e. The standard InChI is InChI=1S/C11H15N3O4/c1-3-6-14(7-10(15)16)11(17)8-4-5-9(18-2)13-12-8/h4-5H,3,6-7H2,1-2H3,(H,15,16). The molecule has 0 aliphatic heterocycles. The van der Waals surface area contributed by atoms with E-state index in [9.17, 15) is 9.59 Å². The Bertz CT molecular complexity index is 419. The van der Waals surface area contributed by atoms with Gasteiger partial charge in [-0.15, -0.1) is 10.2 Å². The van der Waals surface area contributed by atoms with Crippen LogP contribution in [-0.2, 0) is 4.79 Å². The van der Waals surface area contributed by atoms with Gasteiger partial charge in [0.15, 0.2) is 5.69 Å². The van der Waals surface area contributed by atoms with Gasteiger partial charge in [0, 0.05) is 12.6 Å². The Hall–Kier alpha value is -2.18. The Balaban J connectivity index is 2.83. The molecule has 0 aliphatic rings. The number of hydrogen-bond acceptors (Lipinski definition) is 5. The van der Waals surface area contributed by atoms with Crippen molar-refractivity contribution >= 4 is 11.9 Å². The van der Waals surface area contributed by atoms with E-state index >= 15 is 0 Å². The number of ether oxygens (including phenoxy) is 1. The quantitative estimate of drug-likeness (QED) is 0.789. The molecule has 0 saturated carbocycles. The van der Waals surface area contributed by atoms with Gasteiger partial charge in [-0.25, -0.2) is 0 Å². The Morgan fingerprint density at radius 2 is 2.11 bits per heavy atom. The molecule has 0 saturated heterocycles. The lowest BCUT2D eigenvalue weighted by atomic mass is 10.3. The van der Waals surface area contributed by atoms with Crippen LogP contribution in [0.4, 0.5) is 0 Å². The summed E-state index contributed by atoms with van der Waals surface area (Å²) in [7, 11) is 1.44. The minimum Gasteiger partial charge on any atom is -0.480 e. The molecule has 1 heterocycles. The summed E-state index contributed by atoms with van der Waals surface area (Å²) in [6, 6.07) is 2.96. The summed E-state index contributed by atoms with van der Waals surface area (Å²) in [5.41, 5.74) is 0.102. The third-order valence-corrected chi connectivity index (χ3v) is 2.18. The lowest BCUT2D eigenvalue weighted by Crippen LogP contribution is -2.36. The molecule has 0 bridgehead atoms. The van der Waals surface area contributed by atoms with E-state index in [1.54, 1.807) is 0 Å². The summed E-state index contributed by atoms with van der Waals surface area (Å²) in [6.45, 7) is 1.88. The number of amides is 1.